The van der Waals surface area contributed by atoms with E-state index in [4.69, 9.17) is 0 Å². The van der Waals surface area contributed by atoms with E-state index < -0.39 is 0 Å². The second-order valence-electron chi connectivity index (χ2n) is 7.61. The number of halogens is 1. The van der Waals surface area contributed by atoms with Gasteiger partial charge in [0.2, 0.25) is 5.13 Å². The number of nitrogens with one attached hydrogen (secondary N) is 1. The normalized spacial score (nSPS) is 11.6. The van der Waals surface area contributed by atoms with Gasteiger partial charge in [-0.2, -0.15) is 0 Å². The Labute approximate surface area is 168 Å². The number of rotatable bonds is 5. The minimum atomic E-state index is -0.299. The van der Waals surface area contributed by atoms with Crippen LogP contribution in [0.4, 0.5) is 15.2 Å². The molecule has 0 bridgehead atoms. The number of nitrogens with zero attached hydrogens (tertiary/aromatic N) is 2. The fraction of sp³-hybridized carbons (Fsp3) is 0.333. The summed E-state index contributed by atoms with van der Waals surface area (Å²) in [7, 11) is 0. The summed E-state index contributed by atoms with van der Waals surface area (Å²) in [5, 5.41) is 11.9. The van der Waals surface area contributed by atoms with Crippen LogP contribution in [0.5, 0.6) is 0 Å². The van der Waals surface area contributed by atoms with Crippen LogP contribution in [0.25, 0.3) is 0 Å². The predicted octanol–water partition coefficient (Wildman–Crippen LogP) is 6.63. The molecule has 0 aliphatic rings. The molecule has 0 amide bonds. The molecule has 0 saturated heterocycles. The molecule has 3 rings (SSSR count). The average molecular weight is 402 g/mol. The molecule has 2 aromatic carbocycles. The maximum atomic E-state index is 13.7. The molecule has 0 spiro atoms. The Morgan fingerprint density at radius 3 is 2.37 bits per heavy atom. The molecule has 0 saturated carbocycles. The molecule has 142 valence electrons. The van der Waals surface area contributed by atoms with Crippen LogP contribution >= 0.6 is 23.1 Å². The van der Waals surface area contributed by atoms with Crippen molar-refractivity contribution in [2.24, 2.45) is 0 Å². The summed E-state index contributed by atoms with van der Waals surface area (Å²) in [5.74, 6) is 0.545. The Morgan fingerprint density at radius 2 is 1.74 bits per heavy atom. The molecule has 0 radical (unpaired) electrons. The lowest BCUT2D eigenvalue weighted by atomic mass is 9.84. The SMILES string of the molecule is Cc1cc(C(C)(C)C)cc(C)c1CSc1nnc(Nc2ccccc2F)s1. The lowest BCUT2D eigenvalue weighted by Crippen LogP contribution is -2.12. The second-order valence-corrected chi connectivity index (χ2v) is 9.81. The van der Waals surface area contributed by atoms with Gasteiger partial charge in [-0.05, 0) is 53.6 Å². The molecule has 0 unspecified atom stereocenters. The zero-order valence-electron chi connectivity index (χ0n) is 16.3. The van der Waals surface area contributed by atoms with Crippen LogP contribution in [-0.2, 0) is 11.2 Å². The summed E-state index contributed by atoms with van der Waals surface area (Å²) >= 11 is 3.10. The van der Waals surface area contributed by atoms with Gasteiger partial charge in [0, 0.05) is 5.75 Å². The summed E-state index contributed by atoms with van der Waals surface area (Å²) in [6, 6.07) is 11.1. The molecule has 1 heterocycles. The van der Waals surface area contributed by atoms with Crippen molar-refractivity contribution in [3.63, 3.8) is 0 Å². The number of hydrogen-bond donors (Lipinski definition) is 1. The number of para-hydroxylation sites is 1. The zero-order chi connectivity index (χ0) is 19.6. The number of hydrogen-bond acceptors (Lipinski definition) is 5. The smallest absolute Gasteiger partial charge is 0.210 e. The molecule has 6 heteroatoms. The van der Waals surface area contributed by atoms with Gasteiger partial charge < -0.3 is 5.32 Å². The lowest BCUT2D eigenvalue weighted by Gasteiger charge is -2.22. The molecule has 0 aliphatic heterocycles. The Balaban J connectivity index is 1.69. The number of thioether (sulfide) groups is 1. The zero-order valence-corrected chi connectivity index (χ0v) is 17.9. The highest BCUT2D eigenvalue weighted by Crippen LogP contribution is 2.33. The molecule has 3 nitrogen and oxygen atoms in total. The van der Waals surface area contributed by atoms with Crippen molar-refractivity contribution in [1.82, 2.24) is 10.2 Å². The first-order chi connectivity index (χ1) is 12.7. The number of anilines is 2. The molecule has 0 atom stereocenters. The largest absolute Gasteiger partial charge is 0.328 e. The van der Waals surface area contributed by atoms with Gasteiger partial charge >= 0.3 is 0 Å². The van der Waals surface area contributed by atoms with Crippen LogP contribution in [0.1, 0.15) is 43.0 Å². The Morgan fingerprint density at radius 1 is 1.07 bits per heavy atom. The van der Waals surface area contributed by atoms with Crippen molar-refractivity contribution in [3.05, 3.63) is 64.5 Å². The van der Waals surface area contributed by atoms with Crippen molar-refractivity contribution >= 4 is 33.9 Å². The van der Waals surface area contributed by atoms with Crippen LogP contribution in [0.15, 0.2) is 40.7 Å². The Bertz CT molecular complexity index is 922. The van der Waals surface area contributed by atoms with Crippen molar-refractivity contribution in [3.8, 4) is 0 Å². The minimum Gasteiger partial charge on any atom is -0.328 e. The first kappa shape index (κ1) is 19.8. The van der Waals surface area contributed by atoms with E-state index in [1.165, 1.54) is 39.7 Å². The molecule has 1 aromatic heterocycles. The number of aromatic nitrogens is 2. The fourth-order valence-corrected chi connectivity index (χ4v) is 4.75. The summed E-state index contributed by atoms with van der Waals surface area (Å²) in [5.41, 5.74) is 5.87. The van der Waals surface area contributed by atoms with Crippen molar-refractivity contribution in [2.45, 2.75) is 50.1 Å². The Hall–Kier alpha value is -1.92. The van der Waals surface area contributed by atoms with E-state index in [0.29, 0.717) is 10.8 Å². The monoisotopic (exact) mass is 401 g/mol. The van der Waals surface area contributed by atoms with Crippen LogP contribution in [-0.4, -0.2) is 10.2 Å². The van der Waals surface area contributed by atoms with Crippen molar-refractivity contribution in [2.75, 3.05) is 5.32 Å². The first-order valence-electron chi connectivity index (χ1n) is 8.82. The standard InChI is InChI=1S/C21H24FN3S2/c1-13-10-15(21(3,4)5)11-14(2)16(13)12-26-20-25-24-19(27-20)23-18-9-7-6-8-17(18)22/h6-11H,12H2,1-5H3,(H,23,24). The third-order valence-corrected chi connectivity index (χ3v) is 6.42. The van der Waals surface area contributed by atoms with Crippen molar-refractivity contribution in [1.29, 1.82) is 0 Å². The van der Waals surface area contributed by atoms with Crippen LogP contribution in [0.2, 0.25) is 0 Å². The van der Waals surface area contributed by atoms with Gasteiger partial charge in [0.05, 0.1) is 5.69 Å². The van der Waals surface area contributed by atoms with Gasteiger partial charge in [-0.15, -0.1) is 10.2 Å². The topological polar surface area (TPSA) is 37.8 Å². The third kappa shape index (κ3) is 4.87. The fourth-order valence-electron chi connectivity index (χ4n) is 2.78. The summed E-state index contributed by atoms with van der Waals surface area (Å²) in [6.07, 6.45) is 0. The summed E-state index contributed by atoms with van der Waals surface area (Å²) < 4.78 is 14.6. The van der Waals surface area contributed by atoms with Crippen LogP contribution < -0.4 is 5.32 Å². The van der Waals surface area contributed by atoms with E-state index in [9.17, 15) is 4.39 Å². The van der Waals surface area contributed by atoms with E-state index in [-0.39, 0.29) is 11.2 Å². The first-order valence-corrected chi connectivity index (χ1v) is 10.6. The van der Waals surface area contributed by atoms with Crippen LogP contribution in [0.3, 0.4) is 0 Å². The average Bonchev–Trinajstić information content (AvgIpc) is 3.03. The third-order valence-electron chi connectivity index (χ3n) is 4.42. The van der Waals surface area contributed by atoms with Gasteiger partial charge in [0.15, 0.2) is 4.34 Å². The van der Waals surface area contributed by atoms with E-state index in [1.807, 2.05) is 0 Å². The molecular formula is C21H24FN3S2. The number of benzene rings is 2. The van der Waals surface area contributed by atoms with Gasteiger partial charge in [-0.1, -0.05) is 68.1 Å². The highest BCUT2D eigenvalue weighted by atomic mass is 32.2. The van der Waals surface area contributed by atoms with E-state index >= 15 is 0 Å². The molecule has 27 heavy (non-hydrogen) atoms. The molecule has 0 aliphatic carbocycles. The quantitative estimate of drug-likeness (QED) is 0.487. The molecule has 3 aromatic rings. The van der Waals surface area contributed by atoms with Crippen molar-refractivity contribution < 1.29 is 4.39 Å². The maximum Gasteiger partial charge on any atom is 0.210 e. The Kier molecular flexibility index (Phi) is 5.86. The highest BCUT2D eigenvalue weighted by molar-refractivity contribution is 8.00. The van der Waals surface area contributed by atoms with E-state index in [1.54, 1.807) is 30.0 Å². The molecule has 0 fully saturated rings. The highest BCUT2D eigenvalue weighted by Gasteiger charge is 2.17. The van der Waals surface area contributed by atoms with Gasteiger partial charge in [-0.25, -0.2) is 4.39 Å². The number of aryl methyl sites for hydroxylation is 2. The van der Waals surface area contributed by atoms with Gasteiger partial charge in [0.25, 0.3) is 0 Å². The maximum absolute atomic E-state index is 13.7. The predicted molar refractivity (Wildman–Crippen MR) is 114 cm³/mol. The summed E-state index contributed by atoms with van der Waals surface area (Å²) in [4.78, 5) is 0. The van der Waals surface area contributed by atoms with E-state index in [0.717, 1.165) is 10.1 Å². The minimum absolute atomic E-state index is 0.147. The lowest BCUT2D eigenvalue weighted by molar-refractivity contribution is 0.589. The summed E-state index contributed by atoms with van der Waals surface area (Å²) in [6.45, 7) is 11.1. The second kappa shape index (κ2) is 7.98. The van der Waals surface area contributed by atoms with Gasteiger partial charge in [0.1, 0.15) is 5.82 Å². The van der Waals surface area contributed by atoms with Crippen LogP contribution in [0, 0.1) is 19.7 Å². The molecule has 1 N–H and O–H groups in total. The van der Waals surface area contributed by atoms with Gasteiger partial charge in [-0.3, -0.25) is 0 Å². The van der Waals surface area contributed by atoms with E-state index in [2.05, 4.69) is 62.3 Å². The molecular weight excluding hydrogens is 377 g/mol.